The highest BCUT2D eigenvalue weighted by Crippen LogP contribution is 2.18. The fourth-order valence-corrected chi connectivity index (χ4v) is 3.03. The molecule has 2 aromatic rings. The number of sulfone groups is 1. The van der Waals surface area contributed by atoms with Gasteiger partial charge >= 0.3 is 0 Å². The maximum Gasteiger partial charge on any atom is 0.179 e. The van der Waals surface area contributed by atoms with Crippen molar-refractivity contribution in [3.63, 3.8) is 0 Å². The van der Waals surface area contributed by atoms with Crippen LogP contribution in [-0.4, -0.2) is 26.2 Å². The number of pyridine rings is 1. The van der Waals surface area contributed by atoms with Crippen LogP contribution in [0.15, 0.2) is 47.5 Å². The van der Waals surface area contributed by atoms with Crippen molar-refractivity contribution in [1.29, 1.82) is 0 Å². The summed E-state index contributed by atoms with van der Waals surface area (Å²) in [6.45, 7) is 0.645. The maximum absolute atomic E-state index is 11.7. The molecule has 0 radical (unpaired) electrons. The average molecular weight is 325 g/mol. The second-order valence-electron chi connectivity index (χ2n) is 4.78. The van der Waals surface area contributed by atoms with E-state index in [1.54, 1.807) is 18.3 Å². The molecule has 6 heteroatoms. The summed E-state index contributed by atoms with van der Waals surface area (Å²) >= 11 is 5.93. The quantitative estimate of drug-likeness (QED) is 0.829. The number of nitrogens with one attached hydrogen (secondary N) is 1. The molecule has 0 saturated heterocycles. The minimum atomic E-state index is -3.27. The molecule has 4 nitrogen and oxygen atoms in total. The Kier molecular flexibility index (Phi) is 5.20. The second kappa shape index (κ2) is 6.91. The minimum absolute atomic E-state index is 0.229. The summed E-state index contributed by atoms with van der Waals surface area (Å²) in [6, 6.07) is 10.9. The largest absolute Gasteiger partial charge is 0.369 e. The van der Waals surface area contributed by atoms with E-state index in [1.165, 1.54) is 6.26 Å². The van der Waals surface area contributed by atoms with Gasteiger partial charge in [-0.05, 0) is 42.7 Å². The van der Waals surface area contributed by atoms with E-state index in [-0.39, 0.29) is 4.90 Å². The van der Waals surface area contributed by atoms with Crippen LogP contribution in [0.4, 0.5) is 5.82 Å². The van der Waals surface area contributed by atoms with Gasteiger partial charge < -0.3 is 5.32 Å². The average Bonchev–Trinajstić information content (AvgIpc) is 2.43. The van der Waals surface area contributed by atoms with Crippen molar-refractivity contribution in [2.75, 3.05) is 18.1 Å². The van der Waals surface area contributed by atoms with E-state index in [9.17, 15) is 8.42 Å². The number of rotatable bonds is 6. The molecule has 1 aromatic carbocycles. The third-order valence-corrected chi connectivity index (χ3v) is 4.36. The Morgan fingerprint density at radius 1 is 1.24 bits per heavy atom. The summed E-state index contributed by atoms with van der Waals surface area (Å²) in [5.41, 5.74) is 1.16. The maximum atomic E-state index is 11.7. The van der Waals surface area contributed by atoms with Crippen LogP contribution in [0.5, 0.6) is 0 Å². The van der Waals surface area contributed by atoms with Gasteiger partial charge in [0.1, 0.15) is 10.7 Å². The molecular weight excluding hydrogens is 308 g/mol. The van der Waals surface area contributed by atoms with E-state index < -0.39 is 9.84 Å². The second-order valence-corrected chi connectivity index (χ2v) is 7.20. The SMILES string of the molecule is CS(=O)(=O)c1cccnc1NCCCc1cccc(Cl)c1. The Morgan fingerprint density at radius 3 is 2.76 bits per heavy atom. The zero-order valence-corrected chi connectivity index (χ0v) is 13.3. The van der Waals surface area contributed by atoms with Crippen LogP contribution >= 0.6 is 11.6 Å². The van der Waals surface area contributed by atoms with Crippen molar-refractivity contribution in [2.45, 2.75) is 17.7 Å². The Hall–Kier alpha value is -1.59. The molecule has 0 aliphatic heterocycles. The van der Waals surface area contributed by atoms with Crippen LogP contribution in [0, 0.1) is 0 Å². The summed E-state index contributed by atoms with van der Waals surface area (Å²) in [6.07, 6.45) is 4.49. The van der Waals surface area contributed by atoms with Gasteiger partial charge in [0.15, 0.2) is 9.84 Å². The first-order chi connectivity index (χ1) is 9.97. The molecular formula is C15H17ClN2O2S. The first-order valence-corrected chi connectivity index (χ1v) is 8.87. The highest BCUT2D eigenvalue weighted by Gasteiger charge is 2.13. The monoisotopic (exact) mass is 324 g/mol. The molecule has 0 saturated carbocycles. The van der Waals surface area contributed by atoms with Crippen LogP contribution < -0.4 is 5.32 Å². The predicted molar refractivity (Wildman–Crippen MR) is 85.6 cm³/mol. The number of benzene rings is 1. The van der Waals surface area contributed by atoms with E-state index in [0.717, 1.165) is 23.4 Å². The van der Waals surface area contributed by atoms with E-state index >= 15 is 0 Å². The van der Waals surface area contributed by atoms with Crippen LogP contribution in [0.3, 0.4) is 0 Å². The molecule has 0 amide bonds. The van der Waals surface area contributed by atoms with E-state index in [4.69, 9.17) is 11.6 Å². The fraction of sp³-hybridized carbons (Fsp3) is 0.267. The fourth-order valence-electron chi connectivity index (χ4n) is 2.01. The molecule has 112 valence electrons. The third-order valence-electron chi connectivity index (χ3n) is 2.99. The van der Waals surface area contributed by atoms with Gasteiger partial charge in [0.2, 0.25) is 0 Å². The third kappa shape index (κ3) is 4.72. The molecule has 0 aliphatic carbocycles. The molecule has 0 aliphatic rings. The lowest BCUT2D eigenvalue weighted by Gasteiger charge is -2.09. The highest BCUT2D eigenvalue weighted by atomic mass is 35.5. The van der Waals surface area contributed by atoms with Crippen molar-refractivity contribution in [2.24, 2.45) is 0 Å². The van der Waals surface area contributed by atoms with Crippen molar-refractivity contribution >= 4 is 27.3 Å². The van der Waals surface area contributed by atoms with Gasteiger partial charge in [-0.25, -0.2) is 13.4 Å². The summed E-state index contributed by atoms with van der Waals surface area (Å²) < 4.78 is 23.3. The lowest BCUT2D eigenvalue weighted by molar-refractivity contribution is 0.601. The summed E-state index contributed by atoms with van der Waals surface area (Å²) in [5.74, 6) is 0.408. The smallest absolute Gasteiger partial charge is 0.179 e. The van der Waals surface area contributed by atoms with E-state index in [1.807, 2.05) is 24.3 Å². The number of hydrogen-bond acceptors (Lipinski definition) is 4. The van der Waals surface area contributed by atoms with Crippen molar-refractivity contribution in [1.82, 2.24) is 4.98 Å². The lowest BCUT2D eigenvalue weighted by atomic mass is 10.1. The highest BCUT2D eigenvalue weighted by molar-refractivity contribution is 7.90. The van der Waals surface area contributed by atoms with Gasteiger partial charge in [-0.15, -0.1) is 0 Å². The summed E-state index contributed by atoms with van der Waals surface area (Å²) in [7, 11) is -3.27. The molecule has 0 unspecified atom stereocenters. The Labute approximate surface area is 130 Å². The van der Waals surface area contributed by atoms with Gasteiger partial charge in [0, 0.05) is 24.0 Å². The summed E-state index contributed by atoms with van der Waals surface area (Å²) in [5, 5.41) is 3.81. The van der Waals surface area contributed by atoms with Gasteiger partial charge in [-0.3, -0.25) is 0 Å². The Bertz CT molecular complexity index is 717. The van der Waals surface area contributed by atoms with Crippen LogP contribution in [0.1, 0.15) is 12.0 Å². The van der Waals surface area contributed by atoms with Crippen LogP contribution in [0.2, 0.25) is 5.02 Å². The predicted octanol–water partition coefficient (Wildman–Crippen LogP) is 3.18. The molecule has 2 rings (SSSR count). The Morgan fingerprint density at radius 2 is 2.05 bits per heavy atom. The number of nitrogens with zero attached hydrogens (tertiary/aromatic N) is 1. The van der Waals surface area contributed by atoms with Crippen molar-refractivity contribution in [3.05, 3.63) is 53.2 Å². The number of halogens is 1. The molecule has 21 heavy (non-hydrogen) atoms. The number of hydrogen-bond donors (Lipinski definition) is 1. The Balaban J connectivity index is 1.93. The molecule has 1 heterocycles. The molecule has 0 spiro atoms. The van der Waals surface area contributed by atoms with Crippen molar-refractivity contribution in [3.8, 4) is 0 Å². The zero-order valence-electron chi connectivity index (χ0n) is 11.7. The van der Waals surface area contributed by atoms with Crippen LogP contribution in [0.25, 0.3) is 0 Å². The summed E-state index contributed by atoms with van der Waals surface area (Å²) in [4.78, 5) is 4.32. The normalized spacial score (nSPS) is 11.3. The molecule has 0 bridgehead atoms. The van der Waals surface area contributed by atoms with E-state index in [2.05, 4.69) is 10.3 Å². The molecule has 0 fully saturated rings. The molecule has 1 aromatic heterocycles. The van der Waals surface area contributed by atoms with Gasteiger partial charge in [-0.1, -0.05) is 23.7 Å². The van der Waals surface area contributed by atoms with Gasteiger partial charge in [-0.2, -0.15) is 0 Å². The number of anilines is 1. The number of aryl methyl sites for hydroxylation is 1. The van der Waals surface area contributed by atoms with Crippen molar-refractivity contribution < 1.29 is 8.42 Å². The van der Waals surface area contributed by atoms with Gasteiger partial charge in [0.25, 0.3) is 0 Å². The zero-order chi connectivity index (χ0) is 15.3. The minimum Gasteiger partial charge on any atom is -0.369 e. The van der Waals surface area contributed by atoms with E-state index in [0.29, 0.717) is 12.4 Å². The lowest BCUT2D eigenvalue weighted by Crippen LogP contribution is -2.09. The first kappa shape index (κ1) is 15.8. The number of aromatic nitrogens is 1. The first-order valence-electron chi connectivity index (χ1n) is 6.60. The standard InChI is InChI=1S/C15H17ClN2O2S/c1-21(19,20)14-8-4-10-18-15(14)17-9-3-6-12-5-2-7-13(16)11-12/h2,4-5,7-8,10-11H,3,6,9H2,1H3,(H,17,18). The van der Waals surface area contributed by atoms with Gasteiger partial charge in [0.05, 0.1) is 0 Å². The molecule has 0 atom stereocenters. The molecule has 1 N–H and O–H groups in total. The topological polar surface area (TPSA) is 59.1 Å². The van der Waals surface area contributed by atoms with Crippen LogP contribution in [-0.2, 0) is 16.3 Å².